The van der Waals surface area contributed by atoms with Crippen LogP contribution in [-0.2, 0) is 10.0 Å². The molecule has 0 aromatic heterocycles. The lowest BCUT2D eigenvalue weighted by atomic mass is 10.2. The number of rotatable bonds is 4. The van der Waals surface area contributed by atoms with Gasteiger partial charge in [0.2, 0.25) is 10.0 Å². The predicted molar refractivity (Wildman–Crippen MR) is 62.7 cm³/mol. The number of alkyl halides is 3. The molecule has 1 aliphatic rings. The molecule has 0 aromatic carbocycles. The van der Waals surface area contributed by atoms with Crippen LogP contribution in [0.25, 0.3) is 0 Å². The summed E-state index contributed by atoms with van der Waals surface area (Å²) >= 11 is 0. The van der Waals surface area contributed by atoms with Gasteiger partial charge in [0, 0.05) is 31.6 Å². The highest BCUT2D eigenvalue weighted by molar-refractivity contribution is 7.89. The van der Waals surface area contributed by atoms with Gasteiger partial charge < -0.3 is 5.32 Å². The van der Waals surface area contributed by atoms with E-state index >= 15 is 0 Å². The molecule has 1 N–H and O–H groups in total. The van der Waals surface area contributed by atoms with Crippen molar-refractivity contribution in [1.82, 2.24) is 9.62 Å². The molecule has 0 amide bonds. The Morgan fingerprint density at radius 3 is 2.17 bits per heavy atom. The molecule has 0 radical (unpaired) electrons. The van der Waals surface area contributed by atoms with Crippen LogP contribution in [0.15, 0.2) is 0 Å². The van der Waals surface area contributed by atoms with E-state index < -0.39 is 28.4 Å². The lowest BCUT2D eigenvalue weighted by Gasteiger charge is -2.35. The average Bonchev–Trinajstić information content (AvgIpc) is 2.13. The number of nitrogens with one attached hydrogen (secondary N) is 1. The lowest BCUT2D eigenvalue weighted by Crippen LogP contribution is -2.56. The van der Waals surface area contributed by atoms with Gasteiger partial charge in [-0.2, -0.15) is 17.5 Å². The van der Waals surface area contributed by atoms with E-state index in [4.69, 9.17) is 0 Å². The predicted octanol–water partition coefficient (Wildman–Crippen LogP) is 1.34. The molecule has 1 fully saturated rings. The Morgan fingerprint density at radius 1 is 1.22 bits per heavy atom. The van der Waals surface area contributed by atoms with E-state index in [0.29, 0.717) is 13.1 Å². The van der Waals surface area contributed by atoms with Gasteiger partial charge in [-0.25, -0.2) is 8.42 Å². The molecule has 2 atom stereocenters. The van der Waals surface area contributed by atoms with Crippen molar-refractivity contribution in [3.8, 4) is 0 Å². The third-order valence-electron chi connectivity index (χ3n) is 2.78. The minimum Gasteiger partial charge on any atom is -0.309 e. The highest BCUT2D eigenvalue weighted by Gasteiger charge is 2.32. The molecule has 1 saturated heterocycles. The summed E-state index contributed by atoms with van der Waals surface area (Å²) in [5, 5.41) is 3.18. The molecule has 4 nitrogen and oxygen atoms in total. The summed E-state index contributed by atoms with van der Waals surface area (Å²) in [5.74, 6) is -0.439. The van der Waals surface area contributed by atoms with Crippen LogP contribution < -0.4 is 5.32 Å². The second kappa shape index (κ2) is 5.75. The highest BCUT2D eigenvalue weighted by atomic mass is 32.2. The number of hydrogen-bond donors (Lipinski definition) is 1. The van der Waals surface area contributed by atoms with Gasteiger partial charge in [0.15, 0.2) is 0 Å². The first kappa shape index (κ1) is 15.7. The van der Waals surface area contributed by atoms with Crippen molar-refractivity contribution in [3.63, 3.8) is 0 Å². The van der Waals surface area contributed by atoms with Crippen molar-refractivity contribution in [2.45, 2.75) is 44.9 Å². The maximum Gasteiger partial charge on any atom is 0.389 e. The van der Waals surface area contributed by atoms with Crippen LogP contribution in [-0.4, -0.2) is 49.8 Å². The molecule has 108 valence electrons. The summed E-state index contributed by atoms with van der Waals surface area (Å²) in [7, 11) is -3.58. The Labute approximate surface area is 106 Å². The van der Waals surface area contributed by atoms with E-state index in [1.807, 2.05) is 13.8 Å². The number of sulfonamides is 1. The monoisotopic (exact) mass is 288 g/mol. The van der Waals surface area contributed by atoms with E-state index in [9.17, 15) is 21.6 Å². The summed E-state index contributed by atoms with van der Waals surface area (Å²) in [6.07, 6.45) is -5.72. The zero-order valence-electron chi connectivity index (χ0n) is 10.5. The van der Waals surface area contributed by atoms with Crippen molar-refractivity contribution in [3.05, 3.63) is 0 Å². The van der Waals surface area contributed by atoms with Crippen molar-refractivity contribution < 1.29 is 21.6 Å². The van der Waals surface area contributed by atoms with Crippen LogP contribution in [0.2, 0.25) is 0 Å². The van der Waals surface area contributed by atoms with Gasteiger partial charge in [-0.15, -0.1) is 0 Å². The smallest absolute Gasteiger partial charge is 0.309 e. The number of piperazine rings is 1. The first-order valence-electron chi connectivity index (χ1n) is 5.91. The Hall–Kier alpha value is -0.340. The zero-order valence-corrected chi connectivity index (χ0v) is 11.3. The molecule has 0 aromatic rings. The highest BCUT2D eigenvalue weighted by Crippen LogP contribution is 2.22. The fraction of sp³-hybridized carbons (Fsp3) is 1.00. The molecule has 18 heavy (non-hydrogen) atoms. The second-order valence-corrected chi connectivity index (χ2v) is 6.91. The zero-order chi connectivity index (χ0) is 14.0. The van der Waals surface area contributed by atoms with Crippen LogP contribution in [0.1, 0.15) is 26.7 Å². The van der Waals surface area contributed by atoms with Crippen LogP contribution in [0, 0.1) is 0 Å². The van der Waals surface area contributed by atoms with Gasteiger partial charge >= 0.3 is 6.18 Å². The first-order valence-corrected chi connectivity index (χ1v) is 7.52. The fourth-order valence-electron chi connectivity index (χ4n) is 2.09. The molecule has 0 aliphatic carbocycles. The number of nitrogens with zero attached hydrogens (tertiary/aromatic N) is 1. The van der Waals surface area contributed by atoms with Crippen LogP contribution in [0.4, 0.5) is 13.2 Å². The Bertz CT molecular complexity index is 360. The Balaban J connectivity index is 2.52. The fourth-order valence-corrected chi connectivity index (χ4v) is 3.76. The maximum absolute atomic E-state index is 12.0. The molecule has 0 saturated carbocycles. The molecule has 8 heteroatoms. The normalized spacial score (nSPS) is 27.4. The summed E-state index contributed by atoms with van der Waals surface area (Å²) in [6, 6.07) is 0.0392. The maximum atomic E-state index is 12.0. The van der Waals surface area contributed by atoms with Gasteiger partial charge in [0.25, 0.3) is 0 Å². The largest absolute Gasteiger partial charge is 0.389 e. The summed E-state index contributed by atoms with van der Waals surface area (Å²) in [6.45, 7) is 4.35. The van der Waals surface area contributed by atoms with Crippen LogP contribution in [0.3, 0.4) is 0 Å². The van der Waals surface area contributed by atoms with Gasteiger partial charge in [-0.1, -0.05) is 0 Å². The standard InChI is InChI=1S/C10H19F3N2O2S/c1-8-6-15(7-9(2)14-8)18(16,17)5-3-4-10(11,12)13/h8-9,14H,3-7H2,1-2H3. The van der Waals surface area contributed by atoms with E-state index in [-0.39, 0.29) is 18.5 Å². The molecule has 1 heterocycles. The third-order valence-corrected chi connectivity index (χ3v) is 4.67. The molecule has 0 bridgehead atoms. The van der Waals surface area contributed by atoms with E-state index in [2.05, 4.69) is 5.32 Å². The van der Waals surface area contributed by atoms with E-state index in [0.717, 1.165) is 0 Å². The topological polar surface area (TPSA) is 49.4 Å². The molecular formula is C10H19F3N2O2S. The summed E-state index contributed by atoms with van der Waals surface area (Å²) in [4.78, 5) is 0. The molecule has 1 rings (SSSR count). The van der Waals surface area contributed by atoms with Crippen LogP contribution in [0.5, 0.6) is 0 Å². The van der Waals surface area contributed by atoms with Crippen molar-refractivity contribution in [2.75, 3.05) is 18.8 Å². The van der Waals surface area contributed by atoms with E-state index in [1.54, 1.807) is 0 Å². The van der Waals surface area contributed by atoms with Crippen molar-refractivity contribution in [2.24, 2.45) is 0 Å². The summed E-state index contributed by atoms with van der Waals surface area (Å²) in [5.41, 5.74) is 0. The first-order chi connectivity index (χ1) is 8.10. The Kier molecular flexibility index (Phi) is 5.02. The minimum absolute atomic E-state index is 0.0196. The quantitative estimate of drug-likeness (QED) is 0.849. The van der Waals surface area contributed by atoms with Gasteiger partial charge in [-0.3, -0.25) is 0 Å². The SMILES string of the molecule is CC1CN(S(=O)(=O)CCCC(F)(F)F)CC(C)N1. The average molecular weight is 288 g/mol. The van der Waals surface area contributed by atoms with E-state index in [1.165, 1.54) is 4.31 Å². The molecule has 0 spiro atoms. The lowest BCUT2D eigenvalue weighted by molar-refractivity contribution is -0.134. The Morgan fingerprint density at radius 2 is 1.72 bits per heavy atom. The molecule has 1 aliphatic heterocycles. The van der Waals surface area contributed by atoms with Crippen LogP contribution >= 0.6 is 0 Å². The molecule has 2 unspecified atom stereocenters. The third kappa shape index (κ3) is 5.11. The number of hydrogen-bond acceptors (Lipinski definition) is 3. The minimum atomic E-state index is -4.29. The van der Waals surface area contributed by atoms with Gasteiger partial charge in [0.05, 0.1) is 5.75 Å². The van der Waals surface area contributed by atoms with Crippen molar-refractivity contribution >= 4 is 10.0 Å². The van der Waals surface area contributed by atoms with Crippen molar-refractivity contribution in [1.29, 1.82) is 0 Å². The number of halogens is 3. The van der Waals surface area contributed by atoms with Gasteiger partial charge in [-0.05, 0) is 20.3 Å². The van der Waals surface area contributed by atoms with Gasteiger partial charge in [0.1, 0.15) is 0 Å². The molecular weight excluding hydrogens is 269 g/mol. The summed E-state index contributed by atoms with van der Waals surface area (Å²) < 4.78 is 61.0. The second-order valence-electron chi connectivity index (χ2n) is 4.82.